The Bertz CT molecular complexity index is 280. The molecule has 5 heteroatoms. The predicted octanol–water partition coefficient (Wildman–Crippen LogP) is 2.82. The fourth-order valence-electron chi connectivity index (χ4n) is 1.81. The van der Waals surface area contributed by atoms with E-state index in [9.17, 15) is 0 Å². The van der Waals surface area contributed by atoms with Crippen LogP contribution in [0.1, 0.15) is 48.0 Å². The third kappa shape index (κ3) is 4.68. The maximum absolute atomic E-state index is 6.03. The molecule has 15 heavy (non-hydrogen) atoms. The number of hydrogen-bond acceptors (Lipinski definition) is 3. The van der Waals surface area contributed by atoms with Crippen LogP contribution in [0.4, 0.5) is 0 Å². The van der Waals surface area contributed by atoms with Crippen molar-refractivity contribution < 1.29 is 9.05 Å². The first kappa shape index (κ1) is 13.9. The molecule has 0 bridgehead atoms. The zero-order chi connectivity index (χ0) is 11.9. The summed E-state index contributed by atoms with van der Waals surface area (Å²) in [6.45, 7) is 12.7. The first-order chi connectivity index (χ1) is 6.52. The van der Waals surface area contributed by atoms with Gasteiger partial charge in [-0.05, 0) is 0 Å². The first-order valence-electron chi connectivity index (χ1n) is 5.30. The fraction of sp³-hybridized carbons (Fsp3) is 1.00. The third-order valence-electron chi connectivity index (χ3n) is 1.94. The SMILES string of the molecule is C[C@@H]1CC(C)(C)O[P@](=[Se])(NC(C)(C)C)O1. The van der Waals surface area contributed by atoms with E-state index >= 15 is 0 Å². The van der Waals surface area contributed by atoms with Crippen LogP contribution < -0.4 is 5.09 Å². The Morgan fingerprint density at radius 3 is 2.33 bits per heavy atom. The minimum absolute atomic E-state index is 0.00777. The van der Waals surface area contributed by atoms with E-state index in [0.717, 1.165) is 6.42 Å². The van der Waals surface area contributed by atoms with Gasteiger partial charge in [0.25, 0.3) is 0 Å². The molecule has 1 saturated heterocycles. The van der Waals surface area contributed by atoms with Gasteiger partial charge in [-0.15, -0.1) is 0 Å². The Balaban J connectivity index is 2.80. The van der Waals surface area contributed by atoms with Crippen molar-refractivity contribution in [2.75, 3.05) is 0 Å². The summed E-state index contributed by atoms with van der Waals surface area (Å²) < 4.78 is 11.9. The number of nitrogens with one attached hydrogen (secondary N) is 1. The van der Waals surface area contributed by atoms with E-state index < -0.39 is 6.11 Å². The molecule has 0 unspecified atom stereocenters. The molecule has 1 aliphatic rings. The van der Waals surface area contributed by atoms with Crippen molar-refractivity contribution in [3.63, 3.8) is 0 Å². The van der Waals surface area contributed by atoms with Gasteiger partial charge in [0, 0.05) is 0 Å². The topological polar surface area (TPSA) is 30.5 Å². The number of rotatable bonds is 1. The normalized spacial score (nSPS) is 36.5. The van der Waals surface area contributed by atoms with Crippen molar-refractivity contribution in [2.24, 2.45) is 0 Å². The van der Waals surface area contributed by atoms with Crippen LogP contribution in [-0.4, -0.2) is 32.3 Å². The molecule has 1 fully saturated rings. The second kappa shape index (κ2) is 4.25. The summed E-state index contributed by atoms with van der Waals surface area (Å²) in [5.74, 6) is 0. The van der Waals surface area contributed by atoms with Crippen LogP contribution >= 0.6 is 6.11 Å². The second-order valence-electron chi connectivity index (χ2n) is 5.83. The van der Waals surface area contributed by atoms with Crippen LogP contribution in [0, 0.1) is 0 Å². The standard InChI is InChI=1S/C10H22NO2PSe/c1-8-7-10(5,6)13-14(15,12-8)11-9(2,3)4/h8H,7H2,1-6H3,(H,11,15)/t8-,14+/m1/s1. The summed E-state index contributed by atoms with van der Waals surface area (Å²) in [4.78, 5) is 0. The number of hydrogen-bond donors (Lipinski definition) is 1. The molecule has 1 heterocycles. The van der Waals surface area contributed by atoms with Crippen molar-refractivity contribution in [3.8, 4) is 0 Å². The van der Waals surface area contributed by atoms with Crippen molar-refractivity contribution in [1.29, 1.82) is 0 Å². The van der Waals surface area contributed by atoms with E-state index in [2.05, 4.69) is 61.7 Å². The Morgan fingerprint density at radius 2 is 1.93 bits per heavy atom. The maximum atomic E-state index is 6.03. The molecule has 0 aromatic heterocycles. The van der Waals surface area contributed by atoms with Crippen LogP contribution in [-0.2, 0) is 9.05 Å². The van der Waals surface area contributed by atoms with Gasteiger partial charge in [-0.1, -0.05) is 0 Å². The van der Waals surface area contributed by atoms with E-state index in [1.165, 1.54) is 0 Å². The van der Waals surface area contributed by atoms with Crippen LogP contribution in [0.2, 0.25) is 0 Å². The second-order valence-corrected chi connectivity index (χ2v) is 10.5. The summed E-state index contributed by atoms with van der Waals surface area (Å²) in [5, 5.41) is 3.43. The van der Waals surface area contributed by atoms with Gasteiger partial charge < -0.3 is 0 Å². The van der Waals surface area contributed by atoms with E-state index in [1.54, 1.807) is 0 Å². The van der Waals surface area contributed by atoms with Crippen molar-refractivity contribution in [3.05, 3.63) is 0 Å². The van der Waals surface area contributed by atoms with E-state index in [-0.39, 0.29) is 17.2 Å². The van der Waals surface area contributed by atoms with E-state index in [0.29, 0.717) is 0 Å². The fourth-order valence-corrected chi connectivity index (χ4v) is 7.97. The Kier molecular flexibility index (Phi) is 3.94. The van der Waals surface area contributed by atoms with Gasteiger partial charge in [0.05, 0.1) is 0 Å². The van der Waals surface area contributed by atoms with Gasteiger partial charge in [-0.25, -0.2) is 0 Å². The minimum atomic E-state index is -2.04. The van der Waals surface area contributed by atoms with Crippen molar-refractivity contribution in [2.45, 2.75) is 65.2 Å². The van der Waals surface area contributed by atoms with Crippen molar-refractivity contribution >= 4 is 21.2 Å². The Labute approximate surface area is 101 Å². The van der Waals surface area contributed by atoms with Gasteiger partial charge in [-0.3, -0.25) is 0 Å². The van der Waals surface area contributed by atoms with Crippen LogP contribution in [0.5, 0.6) is 0 Å². The van der Waals surface area contributed by atoms with E-state index in [1.807, 2.05) is 0 Å². The molecule has 2 atom stereocenters. The summed E-state index contributed by atoms with van der Waals surface area (Å²) >= 11 is 3.09. The van der Waals surface area contributed by atoms with Crippen LogP contribution in [0.25, 0.3) is 0 Å². The van der Waals surface area contributed by atoms with Gasteiger partial charge >= 0.3 is 101 Å². The first-order valence-corrected chi connectivity index (χ1v) is 9.14. The molecule has 0 amide bonds. The van der Waals surface area contributed by atoms with E-state index in [4.69, 9.17) is 9.05 Å². The molecular formula is C10H22NO2PSe. The predicted molar refractivity (Wildman–Crippen MR) is 65.9 cm³/mol. The Morgan fingerprint density at radius 1 is 1.40 bits per heavy atom. The summed E-state index contributed by atoms with van der Waals surface area (Å²) in [5.41, 5.74) is -0.124. The zero-order valence-corrected chi connectivity index (χ0v) is 13.1. The molecule has 1 aliphatic heterocycles. The monoisotopic (exact) mass is 299 g/mol. The molecule has 0 spiro atoms. The molecule has 0 aromatic carbocycles. The molecule has 1 N–H and O–H groups in total. The zero-order valence-electron chi connectivity index (χ0n) is 10.5. The molecule has 0 saturated carbocycles. The summed E-state index contributed by atoms with van der Waals surface area (Å²) in [6.07, 6.45) is -0.870. The quantitative estimate of drug-likeness (QED) is 0.596. The molecule has 3 nitrogen and oxygen atoms in total. The summed E-state index contributed by atoms with van der Waals surface area (Å²) in [7, 11) is 0. The average Bonchev–Trinajstić information content (AvgIpc) is 1.70. The molecule has 1 rings (SSSR count). The average molecular weight is 298 g/mol. The van der Waals surface area contributed by atoms with Gasteiger partial charge in [-0.2, -0.15) is 0 Å². The summed E-state index contributed by atoms with van der Waals surface area (Å²) in [6, 6.07) is 0. The molecule has 0 aliphatic carbocycles. The Hall–Kier alpha value is 0.829. The van der Waals surface area contributed by atoms with Gasteiger partial charge in [0.2, 0.25) is 0 Å². The molecular weight excluding hydrogens is 276 g/mol. The molecule has 0 aromatic rings. The van der Waals surface area contributed by atoms with Crippen molar-refractivity contribution in [1.82, 2.24) is 5.09 Å². The molecule has 0 radical (unpaired) electrons. The molecule has 90 valence electrons. The van der Waals surface area contributed by atoms with Crippen LogP contribution in [0.15, 0.2) is 0 Å². The third-order valence-corrected chi connectivity index (χ3v) is 5.84. The van der Waals surface area contributed by atoms with Crippen LogP contribution in [0.3, 0.4) is 0 Å². The van der Waals surface area contributed by atoms with Gasteiger partial charge in [0.15, 0.2) is 0 Å². The van der Waals surface area contributed by atoms with Gasteiger partial charge in [0.1, 0.15) is 0 Å².